The molecule has 2 heterocycles. The minimum atomic E-state index is 0.223. The van der Waals surface area contributed by atoms with Crippen molar-refractivity contribution in [1.29, 1.82) is 0 Å². The Labute approximate surface area is 143 Å². The highest BCUT2D eigenvalue weighted by Gasteiger charge is 2.38. The normalized spacial score (nSPS) is 39.0. The summed E-state index contributed by atoms with van der Waals surface area (Å²) in [4.78, 5) is 0. The molecule has 0 aromatic carbocycles. The van der Waals surface area contributed by atoms with Crippen LogP contribution in [0.2, 0.25) is 0 Å². The van der Waals surface area contributed by atoms with Crippen molar-refractivity contribution < 1.29 is 0 Å². The highest BCUT2D eigenvalue weighted by molar-refractivity contribution is 7.64. The van der Waals surface area contributed by atoms with Crippen LogP contribution >= 0.6 is 15.8 Å². The molecule has 2 fully saturated rings. The van der Waals surface area contributed by atoms with Crippen molar-refractivity contribution in [3.63, 3.8) is 0 Å². The molecule has 0 aromatic heterocycles. The van der Waals surface area contributed by atoms with Gasteiger partial charge in [-0.05, 0) is 59.6 Å². The van der Waals surface area contributed by atoms with Crippen molar-refractivity contribution >= 4 is 15.8 Å². The van der Waals surface area contributed by atoms with Crippen LogP contribution in [-0.2, 0) is 0 Å². The van der Waals surface area contributed by atoms with Crippen LogP contribution in [0.5, 0.6) is 0 Å². The molecule has 22 heavy (non-hydrogen) atoms. The highest BCUT2D eigenvalue weighted by atomic mass is 31.1. The maximum atomic E-state index is 2.65. The van der Waals surface area contributed by atoms with Crippen LogP contribution in [0.25, 0.3) is 0 Å². The topological polar surface area (TPSA) is 0 Å². The van der Waals surface area contributed by atoms with Gasteiger partial charge in [0, 0.05) is 0 Å². The molecule has 0 unspecified atom stereocenters. The zero-order valence-corrected chi connectivity index (χ0v) is 17.8. The van der Waals surface area contributed by atoms with E-state index in [1.807, 2.05) is 0 Å². The average molecular weight is 342 g/mol. The van der Waals surface area contributed by atoms with Gasteiger partial charge in [-0.3, -0.25) is 0 Å². The molecule has 2 aliphatic heterocycles. The minimum Gasteiger partial charge on any atom is -0.0974 e. The SMILES string of the molecule is C[C@H]1CCCC[C@H](C)P1[C@@H](C)[C@H](C)P1[C@@H](C)CCCC[C@@H]1C. The molecule has 0 nitrogen and oxygen atoms in total. The lowest BCUT2D eigenvalue weighted by molar-refractivity contribution is 0.662. The van der Waals surface area contributed by atoms with Crippen molar-refractivity contribution in [2.24, 2.45) is 0 Å². The Morgan fingerprint density at radius 3 is 1.00 bits per heavy atom. The molecule has 2 saturated heterocycles. The van der Waals surface area contributed by atoms with Crippen LogP contribution in [0.3, 0.4) is 0 Å². The molecule has 0 spiro atoms. The lowest BCUT2D eigenvalue weighted by Gasteiger charge is -2.43. The summed E-state index contributed by atoms with van der Waals surface area (Å²) < 4.78 is 0. The molecule has 2 rings (SSSR count). The van der Waals surface area contributed by atoms with Gasteiger partial charge in [-0.25, -0.2) is 0 Å². The van der Waals surface area contributed by atoms with Gasteiger partial charge in [0.05, 0.1) is 0 Å². The van der Waals surface area contributed by atoms with E-state index in [9.17, 15) is 0 Å². The second-order valence-electron chi connectivity index (χ2n) is 8.34. The Bertz CT molecular complexity index is 274. The van der Waals surface area contributed by atoms with Crippen LogP contribution in [0, 0.1) is 0 Å². The van der Waals surface area contributed by atoms with E-state index in [1.165, 1.54) is 51.4 Å². The van der Waals surface area contributed by atoms with Gasteiger partial charge in [0.2, 0.25) is 0 Å². The molecule has 0 bridgehead atoms. The summed E-state index contributed by atoms with van der Waals surface area (Å²) in [5.74, 6) is 0. The predicted octanol–water partition coefficient (Wildman–Crippen LogP) is 7.43. The van der Waals surface area contributed by atoms with E-state index in [1.54, 1.807) is 0 Å². The fourth-order valence-electron chi connectivity index (χ4n) is 5.33. The monoisotopic (exact) mass is 342 g/mol. The third kappa shape index (κ3) is 4.48. The van der Waals surface area contributed by atoms with Crippen molar-refractivity contribution in [3.05, 3.63) is 0 Å². The van der Waals surface area contributed by atoms with E-state index in [0.29, 0.717) is 0 Å². The maximum Gasteiger partial charge on any atom is -0.0168 e. The van der Waals surface area contributed by atoms with Gasteiger partial charge >= 0.3 is 0 Å². The lowest BCUT2D eigenvalue weighted by Crippen LogP contribution is -2.29. The lowest BCUT2D eigenvalue weighted by atomic mass is 10.1. The quantitative estimate of drug-likeness (QED) is 0.468. The Morgan fingerprint density at radius 1 is 0.545 bits per heavy atom. The van der Waals surface area contributed by atoms with Crippen molar-refractivity contribution in [2.45, 2.75) is 127 Å². The molecule has 2 heteroatoms. The predicted molar refractivity (Wildman–Crippen MR) is 108 cm³/mol. The van der Waals surface area contributed by atoms with E-state index in [-0.39, 0.29) is 15.8 Å². The first kappa shape index (κ1) is 19.2. The average Bonchev–Trinajstić information content (AvgIpc) is 2.73. The third-order valence-corrected chi connectivity index (χ3v) is 14.8. The highest BCUT2D eigenvalue weighted by Crippen LogP contribution is 2.64. The second-order valence-corrected chi connectivity index (χ2v) is 15.3. The van der Waals surface area contributed by atoms with Crippen LogP contribution in [0.1, 0.15) is 92.9 Å². The van der Waals surface area contributed by atoms with Crippen LogP contribution in [0.15, 0.2) is 0 Å². The van der Waals surface area contributed by atoms with Crippen LogP contribution in [-0.4, -0.2) is 34.0 Å². The molecule has 0 saturated carbocycles. The van der Waals surface area contributed by atoms with E-state index < -0.39 is 0 Å². The Kier molecular flexibility index (Phi) is 7.68. The summed E-state index contributed by atoms with van der Waals surface area (Å²) in [6.07, 6.45) is 12.0. The fraction of sp³-hybridized carbons (Fsp3) is 1.00. The van der Waals surface area contributed by atoms with E-state index in [0.717, 1.165) is 34.0 Å². The van der Waals surface area contributed by atoms with Gasteiger partial charge < -0.3 is 0 Å². The number of rotatable bonds is 3. The summed E-state index contributed by atoms with van der Waals surface area (Å²) >= 11 is 0. The van der Waals surface area contributed by atoms with Gasteiger partial charge in [-0.15, -0.1) is 0 Å². The second kappa shape index (κ2) is 8.81. The molecule has 0 amide bonds. The molecule has 2 aliphatic rings. The van der Waals surface area contributed by atoms with Crippen molar-refractivity contribution in [1.82, 2.24) is 0 Å². The largest absolute Gasteiger partial charge is 0.0974 e. The van der Waals surface area contributed by atoms with Gasteiger partial charge in [0.25, 0.3) is 0 Å². The smallest absolute Gasteiger partial charge is 0.0168 e. The van der Waals surface area contributed by atoms with Crippen molar-refractivity contribution in [2.75, 3.05) is 0 Å². The minimum absolute atomic E-state index is 0.223. The zero-order chi connectivity index (χ0) is 16.3. The van der Waals surface area contributed by atoms with Crippen molar-refractivity contribution in [3.8, 4) is 0 Å². The zero-order valence-electron chi connectivity index (χ0n) is 16.0. The molecule has 130 valence electrons. The maximum absolute atomic E-state index is 2.65. The van der Waals surface area contributed by atoms with E-state index >= 15 is 0 Å². The summed E-state index contributed by atoms with van der Waals surface area (Å²) in [7, 11) is 0.446. The molecular formula is C20H40P2. The fourth-order valence-corrected chi connectivity index (χ4v) is 14.1. The molecule has 0 radical (unpaired) electrons. The Morgan fingerprint density at radius 2 is 0.773 bits per heavy atom. The number of hydrogen-bond donors (Lipinski definition) is 0. The molecule has 0 N–H and O–H groups in total. The van der Waals surface area contributed by atoms with E-state index in [4.69, 9.17) is 0 Å². The van der Waals surface area contributed by atoms with Crippen LogP contribution < -0.4 is 0 Å². The molecule has 0 aromatic rings. The molecule has 6 atom stereocenters. The Hall–Kier alpha value is 0.860. The summed E-state index contributed by atoms with van der Waals surface area (Å²) in [5, 5.41) is 0. The summed E-state index contributed by atoms with van der Waals surface area (Å²) in [5.41, 5.74) is 6.03. The number of hydrogen-bond acceptors (Lipinski definition) is 0. The summed E-state index contributed by atoms with van der Waals surface area (Å²) in [6, 6.07) is 0. The van der Waals surface area contributed by atoms with Gasteiger partial charge in [-0.1, -0.05) is 83.1 Å². The van der Waals surface area contributed by atoms with Crippen LogP contribution in [0.4, 0.5) is 0 Å². The first-order valence-corrected chi connectivity index (χ1v) is 13.1. The van der Waals surface area contributed by atoms with Gasteiger partial charge in [0.15, 0.2) is 0 Å². The Balaban J connectivity index is 2.13. The first-order valence-electron chi connectivity index (χ1n) is 9.98. The third-order valence-electron chi connectivity index (χ3n) is 6.66. The standard InChI is InChI=1S/C20H40P2/c1-15-11-7-8-12-16(2)21(15)19(5)20(6)22-17(3)13-9-10-14-18(22)4/h15-20H,7-14H2,1-6H3/t15-,16-,17-,18-,19-,20-/m0/s1. The molecular weight excluding hydrogens is 302 g/mol. The van der Waals surface area contributed by atoms with E-state index in [2.05, 4.69) is 41.5 Å². The van der Waals surface area contributed by atoms with Gasteiger partial charge in [-0.2, -0.15) is 0 Å². The first-order chi connectivity index (χ1) is 10.4. The van der Waals surface area contributed by atoms with Gasteiger partial charge in [0.1, 0.15) is 0 Å². The molecule has 0 aliphatic carbocycles. The summed E-state index contributed by atoms with van der Waals surface area (Å²) in [6.45, 7) is 15.7.